The van der Waals surface area contributed by atoms with Gasteiger partial charge in [-0.1, -0.05) is 30.7 Å². The van der Waals surface area contributed by atoms with E-state index in [1.54, 1.807) is 14.2 Å². The summed E-state index contributed by atoms with van der Waals surface area (Å²) in [5.74, 6) is 1.30. The molecule has 0 aliphatic carbocycles. The average Bonchev–Trinajstić information content (AvgIpc) is 2.88. The highest BCUT2D eigenvalue weighted by molar-refractivity contribution is 5.84. The minimum Gasteiger partial charge on any atom is -0.497 e. The summed E-state index contributed by atoms with van der Waals surface area (Å²) in [6.45, 7) is 3.06. The molecule has 2 unspecified atom stereocenters. The number of fused-ring (bicyclic) bond motifs is 2. The van der Waals surface area contributed by atoms with Gasteiger partial charge in [0.1, 0.15) is 11.9 Å². The summed E-state index contributed by atoms with van der Waals surface area (Å²) < 4.78 is 10.9. The van der Waals surface area contributed by atoms with E-state index >= 15 is 0 Å². The Morgan fingerprint density at radius 2 is 2.00 bits per heavy atom. The summed E-state index contributed by atoms with van der Waals surface area (Å²) in [6.07, 6.45) is 4.14. The maximum Gasteiger partial charge on any atom is 0.260 e. The molecule has 0 radical (unpaired) electrons. The predicted molar refractivity (Wildman–Crippen MR) is 138 cm³/mol. The number of piperidine rings is 1. The Balaban J connectivity index is 1.59. The first-order valence-corrected chi connectivity index (χ1v) is 12.5. The number of hydrogen-bond acceptors (Lipinski definition) is 7. The molecule has 1 fully saturated rings. The standard InChI is InChI=1S/C27H35N5O3/c1-31-13-7-6-10-23(31)21-16-19(35-3)17-22-24(21)26(33)30-27(29-22)32-14-11-18-8-4-5-9-20(18)25(32)28-12-15-34-2/h4-5,8-9,16-17,23,25,28H,6-7,10-15H2,1-3H3,(H,29,30,33). The lowest BCUT2D eigenvalue weighted by Crippen LogP contribution is -2.45. The van der Waals surface area contributed by atoms with Crippen molar-refractivity contribution in [3.63, 3.8) is 0 Å². The van der Waals surface area contributed by atoms with Crippen molar-refractivity contribution in [2.75, 3.05) is 52.4 Å². The number of hydrogen-bond donors (Lipinski definition) is 2. The van der Waals surface area contributed by atoms with Gasteiger partial charge in [0.15, 0.2) is 0 Å². The molecule has 3 aromatic rings. The first kappa shape index (κ1) is 23.8. The van der Waals surface area contributed by atoms with Crippen LogP contribution >= 0.6 is 0 Å². The average molecular weight is 478 g/mol. The van der Waals surface area contributed by atoms with E-state index in [0.717, 1.165) is 43.7 Å². The van der Waals surface area contributed by atoms with Crippen LogP contribution in [0.2, 0.25) is 0 Å². The highest BCUT2D eigenvalue weighted by Crippen LogP contribution is 2.36. The third-order valence-electron chi connectivity index (χ3n) is 7.36. The van der Waals surface area contributed by atoms with E-state index in [9.17, 15) is 4.79 Å². The number of anilines is 1. The summed E-state index contributed by atoms with van der Waals surface area (Å²) in [6, 6.07) is 12.5. The van der Waals surface area contributed by atoms with Gasteiger partial charge < -0.3 is 14.4 Å². The van der Waals surface area contributed by atoms with Crippen LogP contribution in [0.15, 0.2) is 41.2 Å². The monoisotopic (exact) mass is 477 g/mol. The Morgan fingerprint density at radius 3 is 2.80 bits per heavy atom. The van der Waals surface area contributed by atoms with E-state index < -0.39 is 0 Å². The minimum atomic E-state index is -0.106. The number of rotatable bonds is 7. The normalized spacial score (nSPS) is 20.7. The van der Waals surface area contributed by atoms with Gasteiger partial charge in [-0.3, -0.25) is 20.0 Å². The Bertz CT molecular complexity index is 1240. The molecule has 0 amide bonds. The molecule has 35 heavy (non-hydrogen) atoms. The second-order valence-electron chi connectivity index (χ2n) is 9.48. The second kappa shape index (κ2) is 10.4. The Labute approximate surface area is 206 Å². The highest BCUT2D eigenvalue weighted by Gasteiger charge is 2.30. The van der Waals surface area contributed by atoms with E-state index in [2.05, 4.69) is 51.4 Å². The number of methoxy groups -OCH3 is 2. The summed E-state index contributed by atoms with van der Waals surface area (Å²) in [7, 11) is 5.50. The lowest BCUT2D eigenvalue weighted by atomic mass is 9.93. The fourth-order valence-electron chi connectivity index (χ4n) is 5.56. The molecule has 1 saturated heterocycles. The second-order valence-corrected chi connectivity index (χ2v) is 9.48. The van der Waals surface area contributed by atoms with Crippen molar-refractivity contribution in [3.8, 4) is 5.75 Å². The van der Waals surface area contributed by atoms with Crippen LogP contribution in [0.4, 0.5) is 5.95 Å². The topological polar surface area (TPSA) is 82.7 Å². The lowest BCUT2D eigenvalue weighted by molar-refractivity contribution is 0.188. The maximum atomic E-state index is 13.6. The van der Waals surface area contributed by atoms with E-state index in [4.69, 9.17) is 14.5 Å². The minimum absolute atomic E-state index is 0.101. The molecule has 1 aromatic heterocycles. The molecule has 5 rings (SSSR count). The molecule has 2 aliphatic heterocycles. The number of H-pyrrole nitrogens is 1. The van der Waals surface area contributed by atoms with Crippen LogP contribution in [0.3, 0.4) is 0 Å². The molecule has 2 aromatic carbocycles. The van der Waals surface area contributed by atoms with Gasteiger partial charge in [-0.2, -0.15) is 0 Å². The van der Waals surface area contributed by atoms with E-state index in [0.29, 0.717) is 30.0 Å². The molecular formula is C27H35N5O3. The molecule has 2 atom stereocenters. The zero-order valence-electron chi connectivity index (χ0n) is 20.8. The van der Waals surface area contributed by atoms with E-state index in [1.165, 1.54) is 17.5 Å². The fourth-order valence-corrected chi connectivity index (χ4v) is 5.56. The number of aromatic amines is 1. The number of aromatic nitrogens is 2. The van der Waals surface area contributed by atoms with Crippen molar-refractivity contribution < 1.29 is 9.47 Å². The molecule has 2 N–H and O–H groups in total. The molecule has 3 heterocycles. The van der Waals surface area contributed by atoms with Crippen LogP contribution in [-0.4, -0.2) is 62.4 Å². The summed E-state index contributed by atoms with van der Waals surface area (Å²) >= 11 is 0. The first-order valence-electron chi connectivity index (χ1n) is 12.5. The van der Waals surface area contributed by atoms with Crippen molar-refractivity contribution in [1.82, 2.24) is 20.2 Å². The quantitative estimate of drug-likeness (QED) is 0.505. The molecule has 0 saturated carbocycles. The van der Waals surface area contributed by atoms with Crippen LogP contribution in [-0.2, 0) is 11.2 Å². The number of ether oxygens (including phenoxy) is 2. The highest BCUT2D eigenvalue weighted by atomic mass is 16.5. The molecule has 2 aliphatic rings. The van der Waals surface area contributed by atoms with Gasteiger partial charge in [0.25, 0.3) is 5.56 Å². The van der Waals surface area contributed by atoms with Crippen molar-refractivity contribution in [2.24, 2.45) is 0 Å². The van der Waals surface area contributed by atoms with Gasteiger partial charge >= 0.3 is 0 Å². The first-order chi connectivity index (χ1) is 17.1. The summed E-state index contributed by atoms with van der Waals surface area (Å²) in [4.78, 5) is 26.2. The fraction of sp³-hybridized carbons (Fsp3) is 0.481. The predicted octanol–water partition coefficient (Wildman–Crippen LogP) is 3.39. The molecule has 8 nitrogen and oxygen atoms in total. The van der Waals surface area contributed by atoms with Gasteiger partial charge in [0.05, 0.1) is 24.6 Å². The smallest absolute Gasteiger partial charge is 0.260 e. The number of nitrogens with one attached hydrogen (secondary N) is 2. The largest absolute Gasteiger partial charge is 0.497 e. The summed E-state index contributed by atoms with van der Waals surface area (Å²) in [5.41, 5.74) is 4.09. The number of nitrogens with zero attached hydrogens (tertiary/aromatic N) is 3. The lowest BCUT2D eigenvalue weighted by Gasteiger charge is -2.38. The molecular weight excluding hydrogens is 442 g/mol. The van der Waals surface area contributed by atoms with Crippen LogP contribution in [0, 0.1) is 0 Å². The van der Waals surface area contributed by atoms with Crippen LogP contribution < -0.4 is 20.5 Å². The van der Waals surface area contributed by atoms with Crippen molar-refractivity contribution >= 4 is 16.9 Å². The molecule has 0 bridgehead atoms. The van der Waals surface area contributed by atoms with Crippen molar-refractivity contribution in [1.29, 1.82) is 0 Å². The zero-order valence-corrected chi connectivity index (χ0v) is 20.8. The zero-order chi connectivity index (χ0) is 24.4. The van der Waals surface area contributed by atoms with Crippen LogP contribution in [0.25, 0.3) is 10.9 Å². The Hall–Kier alpha value is -2.94. The Kier molecular flexibility index (Phi) is 7.04. The van der Waals surface area contributed by atoms with Crippen molar-refractivity contribution in [3.05, 3.63) is 63.4 Å². The molecule has 8 heteroatoms. The van der Waals surface area contributed by atoms with Gasteiger partial charge in [-0.15, -0.1) is 0 Å². The van der Waals surface area contributed by atoms with Crippen molar-refractivity contribution in [2.45, 2.75) is 37.9 Å². The van der Waals surface area contributed by atoms with Gasteiger partial charge in [-0.05, 0) is 55.6 Å². The number of benzene rings is 2. The van der Waals surface area contributed by atoms with Gasteiger partial charge in [-0.25, -0.2) is 4.98 Å². The third kappa shape index (κ3) is 4.66. The Morgan fingerprint density at radius 1 is 1.14 bits per heavy atom. The van der Waals surface area contributed by atoms with Gasteiger partial charge in [0, 0.05) is 32.3 Å². The van der Waals surface area contributed by atoms with E-state index in [1.807, 2.05) is 12.1 Å². The SMILES string of the molecule is COCCNC1c2ccccc2CCN1c1nc2cc(OC)cc(C3CCCCN3C)c2c(=O)[nH]1. The van der Waals surface area contributed by atoms with Crippen LogP contribution in [0.5, 0.6) is 5.75 Å². The maximum absolute atomic E-state index is 13.6. The van der Waals surface area contributed by atoms with Crippen LogP contribution in [0.1, 0.15) is 48.2 Å². The summed E-state index contributed by atoms with van der Waals surface area (Å²) in [5, 5.41) is 4.26. The molecule has 0 spiro atoms. The number of likely N-dealkylation sites (tertiary alicyclic amines) is 1. The third-order valence-corrected chi connectivity index (χ3v) is 7.36. The van der Waals surface area contributed by atoms with Gasteiger partial charge in [0.2, 0.25) is 5.95 Å². The van der Waals surface area contributed by atoms with E-state index in [-0.39, 0.29) is 17.8 Å². The molecule has 186 valence electrons.